The number of aromatic nitrogens is 1. The number of carbonyl (C=O) groups excluding carboxylic acids is 1. The predicted octanol–water partition coefficient (Wildman–Crippen LogP) is 2.33. The molecule has 1 amide bonds. The Bertz CT molecular complexity index is 874. The lowest BCUT2D eigenvalue weighted by molar-refractivity contribution is -0.121. The fourth-order valence-corrected chi connectivity index (χ4v) is 2.67. The zero-order valence-electron chi connectivity index (χ0n) is 12.9. The second kappa shape index (κ2) is 6.23. The quantitative estimate of drug-likeness (QED) is 0.797. The van der Waals surface area contributed by atoms with E-state index in [2.05, 4.69) is 10.5 Å². The monoisotopic (exact) mass is 324 g/mol. The van der Waals surface area contributed by atoms with E-state index in [1.54, 1.807) is 0 Å². The van der Waals surface area contributed by atoms with Crippen LogP contribution in [0.1, 0.15) is 5.69 Å². The van der Waals surface area contributed by atoms with Gasteiger partial charge in [-0.05, 0) is 24.3 Å². The highest BCUT2D eigenvalue weighted by Gasteiger charge is 2.21. The number of rotatable bonds is 4. The Hall–Kier alpha value is -3.02. The summed E-state index contributed by atoms with van der Waals surface area (Å²) < 4.78 is 16.7. The molecule has 24 heavy (non-hydrogen) atoms. The molecule has 1 unspecified atom stereocenters. The highest BCUT2D eigenvalue weighted by Crippen LogP contribution is 2.30. The molecule has 2 heterocycles. The summed E-state index contributed by atoms with van der Waals surface area (Å²) in [5.41, 5.74) is 1.31. The molecule has 4 rings (SSSR count). The van der Waals surface area contributed by atoms with Crippen LogP contribution in [0.4, 0.5) is 0 Å². The van der Waals surface area contributed by atoms with Crippen molar-refractivity contribution in [2.45, 2.75) is 12.5 Å². The number of carbonyl (C=O) groups is 1. The Balaban J connectivity index is 1.34. The van der Waals surface area contributed by atoms with Crippen LogP contribution in [-0.4, -0.2) is 30.3 Å². The maximum Gasteiger partial charge on any atom is 0.226 e. The molecule has 1 aliphatic rings. The van der Waals surface area contributed by atoms with Crippen LogP contribution in [0, 0.1) is 0 Å². The van der Waals surface area contributed by atoms with Crippen LogP contribution in [-0.2, 0) is 11.2 Å². The Morgan fingerprint density at radius 3 is 2.83 bits per heavy atom. The van der Waals surface area contributed by atoms with Crippen molar-refractivity contribution >= 4 is 16.9 Å². The number of fused-ring (bicyclic) bond motifs is 2. The van der Waals surface area contributed by atoms with Crippen LogP contribution in [0.2, 0.25) is 0 Å². The maximum atomic E-state index is 12.2. The minimum absolute atomic E-state index is 0.128. The summed E-state index contributed by atoms with van der Waals surface area (Å²) in [6, 6.07) is 15.0. The third-order valence-corrected chi connectivity index (χ3v) is 3.87. The number of hydrogen-bond acceptors (Lipinski definition) is 5. The molecule has 3 aromatic rings. The van der Waals surface area contributed by atoms with Gasteiger partial charge in [0.15, 0.2) is 17.1 Å². The Labute approximate surface area is 138 Å². The van der Waals surface area contributed by atoms with Gasteiger partial charge in [0.25, 0.3) is 0 Å². The van der Waals surface area contributed by atoms with Crippen molar-refractivity contribution in [1.82, 2.24) is 10.5 Å². The van der Waals surface area contributed by atoms with Gasteiger partial charge in [0.05, 0.1) is 13.0 Å². The highest BCUT2D eigenvalue weighted by atomic mass is 16.6. The van der Waals surface area contributed by atoms with Crippen molar-refractivity contribution in [2.24, 2.45) is 0 Å². The van der Waals surface area contributed by atoms with Gasteiger partial charge in [-0.1, -0.05) is 29.4 Å². The molecule has 1 atom stereocenters. The molecular weight excluding hydrogens is 308 g/mol. The second-order valence-corrected chi connectivity index (χ2v) is 5.60. The summed E-state index contributed by atoms with van der Waals surface area (Å²) in [5, 5.41) is 7.69. The SMILES string of the molecule is O=C(Cc1noc2ccccc12)NCC1COc2ccccc2O1. The molecule has 6 heteroatoms. The lowest BCUT2D eigenvalue weighted by Crippen LogP contribution is -2.41. The molecule has 0 fully saturated rings. The second-order valence-electron chi connectivity index (χ2n) is 5.60. The summed E-state index contributed by atoms with van der Waals surface area (Å²) in [5.74, 6) is 1.30. The molecule has 0 spiro atoms. The summed E-state index contributed by atoms with van der Waals surface area (Å²) in [7, 11) is 0. The van der Waals surface area contributed by atoms with Crippen molar-refractivity contribution in [2.75, 3.05) is 13.2 Å². The molecule has 1 aromatic heterocycles. The fraction of sp³-hybridized carbons (Fsp3) is 0.222. The lowest BCUT2D eigenvalue weighted by Gasteiger charge is -2.26. The van der Waals surface area contributed by atoms with Gasteiger partial charge in [-0.2, -0.15) is 0 Å². The third-order valence-electron chi connectivity index (χ3n) is 3.87. The number of ether oxygens (including phenoxy) is 2. The van der Waals surface area contributed by atoms with Crippen molar-refractivity contribution < 1.29 is 18.8 Å². The fourth-order valence-electron chi connectivity index (χ4n) is 2.67. The van der Waals surface area contributed by atoms with Crippen LogP contribution in [0.15, 0.2) is 53.1 Å². The molecule has 0 saturated heterocycles. The molecule has 0 radical (unpaired) electrons. The van der Waals surface area contributed by atoms with Crippen molar-refractivity contribution in [1.29, 1.82) is 0 Å². The van der Waals surface area contributed by atoms with Gasteiger partial charge in [-0.15, -0.1) is 0 Å². The number of para-hydroxylation sites is 3. The van der Waals surface area contributed by atoms with Gasteiger partial charge in [0, 0.05) is 5.39 Å². The third kappa shape index (κ3) is 2.90. The van der Waals surface area contributed by atoms with Crippen LogP contribution >= 0.6 is 0 Å². The Kier molecular flexibility index (Phi) is 3.78. The highest BCUT2D eigenvalue weighted by molar-refractivity contribution is 5.86. The van der Waals surface area contributed by atoms with Gasteiger partial charge in [0.1, 0.15) is 18.4 Å². The van der Waals surface area contributed by atoms with Crippen LogP contribution < -0.4 is 14.8 Å². The van der Waals surface area contributed by atoms with E-state index in [1.165, 1.54) is 0 Å². The molecule has 1 N–H and O–H groups in total. The smallest absolute Gasteiger partial charge is 0.226 e. The molecule has 6 nitrogen and oxygen atoms in total. The maximum absolute atomic E-state index is 12.2. The largest absolute Gasteiger partial charge is 0.486 e. The van der Waals surface area contributed by atoms with E-state index < -0.39 is 0 Å². The minimum Gasteiger partial charge on any atom is -0.486 e. The molecule has 122 valence electrons. The van der Waals surface area contributed by atoms with Crippen molar-refractivity contribution in [3.8, 4) is 11.5 Å². The first-order chi connectivity index (χ1) is 11.8. The van der Waals surface area contributed by atoms with E-state index >= 15 is 0 Å². The normalized spacial score (nSPS) is 16.1. The van der Waals surface area contributed by atoms with Gasteiger partial charge >= 0.3 is 0 Å². The van der Waals surface area contributed by atoms with E-state index in [9.17, 15) is 4.79 Å². The molecule has 1 aliphatic heterocycles. The minimum atomic E-state index is -0.210. The summed E-state index contributed by atoms with van der Waals surface area (Å²) in [6.45, 7) is 0.785. The van der Waals surface area contributed by atoms with Crippen molar-refractivity contribution in [3.63, 3.8) is 0 Å². The average molecular weight is 324 g/mol. The first-order valence-electron chi connectivity index (χ1n) is 7.78. The summed E-state index contributed by atoms with van der Waals surface area (Å²) >= 11 is 0. The topological polar surface area (TPSA) is 73.6 Å². The number of amides is 1. The van der Waals surface area contributed by atoms with E-state index in [4.69, 9.17) is 14.0 Å². The van der Waals surface area contributed by atoms with E-state index in [0.29, 0.717) is 30.2 Å². The molecular formula is C18H16N2O4. The summed E-state index contributed by atoms with van der Waals surface area (Å²) in [4.78, 5) is 12.2. The number of nitrogens with one attached hydrogen (secondary N) is 1. The van der Waals surface area contributed by atoms with Gasteiger partial charge < -0.3 is 19.3 Å². The van der Waals surface area contributed by atoms with Gasteiger partial charge in [-0.3, -0.25) is 4.79 Å². The molecule has 0 bridgehead atoms. The number of nitrogens with zero attached hydrogens (tertiary/aromatic N) is 1. The lowest BCUT2D eigenvalue weighted by atomic mass is 10.1. The first kappa shape index (κ1) is 14.6. The zero-order valence-corrected chi connectivity index (χ0v) is 12.9. The number of hydrogen-bond donors (Lipinski definition) is 1. The molecule has 2 aromatic carbocycles. The first-order valence-corrected chi connectivity index (χ1v) is 7.78. The molecule has 0 saturated carbocycles. The van der Waals surface area contributed by atoms with E-state index in [0.717, 1.165) is 11.1 Å². The summed E-state index contributed by atoms with van der Waals surface area (Å²) in [6.07, 6.45) is -0.0424. The molecule has 0 aliphatic carbocycles. The standard InChI is InChI=1S/C18H16N2O4/c21-18(9-14-13-5-1-2-6-15(13)24-20-14)19-10-12-11-22-16-7-3-4-8-17(16)23-12/h1-8,12H,9-11H2,(H,19,21). The predicted molar refractivity (Wildman–Crippen MR) is 87.1 cm³/mol. The van der Waals surface area contributed by atoms with Crippen molar-refractivity contribution in [3.05, 3.63) is 54.2 Å². The Morgan fingerprint density at radius 2 is 1.92 bits per heavy atom. The van der Waals surface area contributed by atoms with Crippen LogP contribution in [0.3, 0.4) is 0 Å². The van der Waals surface area contributed by atoms with Gasteiger partial charge in [0.2, 0.25) is 5.91 Å². The average Bonchev–Trinajstić information content (AvgIpc) is 3.03. The van der Waals surface area contributed by atoms with E-state index in [1.807, 2.05) is 48.5 Å². The Morgan fingerprint density at radius 1 is 1.12 bits per heavy atom. The van der Waals surface area contributed by atoms with Gasteiger partial charge in [-0.25, -0.2) is 0 Å². The number of benzene rings is 2. The zero-order chi connectivity index (χ0) is 16.4. The van der Waals surface area contributed by atoms with E-state index in [-0.39, 0.29) is 18.4 Å². The van der Waals surface area contributed by atoms with Crippen LogP contribution in [0.5, 0.6) is 11.5 Å². The van der Waals surface area contributed by atoms with Crippen LogP contribution in [0.25, 0.3) is 11.0 Å².